The van der Waals surface area contributed by atoms with Gasteiger partial charge in [-0.15, -0.1) is 0 Å². The molecule has 27 heavy (non-hydrogen) atoms. The van der Waals surface area contributed by atoms with Gasteiger partial charge in [-0.3, -0.25) is 4.79 Å². The summed E-state index contributed by atoms with van der Waals surface area (Å²) in [4.78, 5) is 18.0. The lowest BCUT2D eigenvalue weighted by atomic mass is 9.92. The lowest BCUT2D eigenvalue weighted by molar-refractivity contribution is 0.0561. The maximum Gasteiger partial charge on any atom is 0.256 e. The highest BCUT2D eigenvalue weighted by Gasteiger charge is 2.35. The number of rotatable bonds is 3. The Hall–Kier alpha value is -2.65. The lowest BCUT2D eigenvalue weighted by Gasteiger charge is -2.34. The SMILES string of the molecule is N#Cc1ccc(O[C@H]2CC[C@H](N3Cc4cc(F)ncc4C3=O)CC2)cc1Cl. The van der Waals surface area contributed by atoms with Crippen molar-refractivity contribution in [2.24, 2.45) is 0 Å². The summed E-state index contributed by atoms with van der Waals surface area (Å²) < 4.78 is 19.3. The van der Waals surface area contributed by atoms with Crippen LogP contribution in [0.4, 0.5) is 4.39 Å². The van der Waals surface area contributed by atoms with Crippen LogP contribution >= 0.6 is 11.6 Å². The van der Waals surface area contributed by atoms with Gasteiger partial charge in [-0.05, 0) is 49.4 Å². The van der Waals surface area contributed by atoms with Gasteiger partial charge in [0.2, 0.25) is 5.95 Å². The van der Waals surface area contributed by atoms with E-state index in [0.29, 0.717) is 34.0 Å². The summed E-state index contributed by atoms with van der Waals surface area (Å²) in [5.41, 5.74) is 1.63. The molecule has 1 fully saturated rings. The molecular formula is C20H17ClFN3O2. The maximum absolute atomic E-state index is 13.3. The van der Waals surface area contributed by atoms with Crippen molar-refractivity contribution in [2.45, 2.75) is 44.4 Å². The van der Waals surface area contributed by atoms with Gasteiger partial charge >= 0.3 is 0 Å². The van der Waals surface area contributed by atoms with Gasteiger partial charge in [-0.1, -0.05) is 11.6 Å². The highest BCUT2D eigenvalue weighted by molar-refractivity contribution is 6.31. The van der Waals surface area contributed by atoms with Crippen LogP contribution in [0.15, 0.2) is 30.5 Å². The summed E-state index contributed by atoms with van der Waals surface area (Å²) in [6.07, 6.45) is 4.65. The van der Waals surface area contributed by atoms with E-state index in [4.69, 9.17) is 21.6 Å². The number of nitrogens with zero attached hydrogens (tertiary/aromatic N) is 3. The number of fused-ring (bicyclic) bond motifs is 1. The van der Waals surface area contributed by atoms with Crippen molar-refractivity contribution in [1.82, 2.24) is 9.88 Å². The van der Waals surface area contributed by atoms with Crippen molar-refractivity contribution in [3.05, 3.63) is 58.1 Å². The predicted molar refractivity (Wildman–Crippen MR) is 96.9 cm³/mol. The topological polar surface area (TPSA) is 66.2 Å². The van der Waals surface area contributed by atoms with Gasteiger partial charge in [-0.25, -0.2) is 4.98 Å². The van der Waals surface area contributed by atoms with Crippen molar-refractivity contribution in [2.75, 3.05) is 0 Å². The Balaban J connectivity index is 1.36. The standard InChI is InChI=1S/C20H17ClFN3O2/c21-18-8-16(4-1-12(18)9-23)27-15-5-2-14(3-6-15)25-11-13-7-19(22)24-10-17(13)20(25)26/h1,4,7-8,10,14-15H,2-3,5-6,11H2/t14-,15-. The largest absolute Gasteiger partial charge is 0.490 e. The molecule has 0 N–H and O–H groups in total. The zero-order valence-electron chi connectivity index (χ0n) is 14.5. The highest BCUT2D eigenvalue weighted by atomic mass is 35.5. The molecule has 1 saturated carbocycles. The molecule has 1 amide bonds. The smallest absolute Gasteiger partial charge is 0.256 e. The molecule has 0 radical (unpaired) electrons. The Labute approximate surface area is 161 Å². The number of hydrogen-bond donors (Lipinski definition) is 0. The number of halogens is 2. The molecule has 2 aliphatic rings. The monoisotopic (exact) mass is 385 g/mol. The van der Waals surface area contributed by atoms with Crippen LogP contribution in [-0.2, 0) is 6.54 Å². The van der Waals surface area contributed by atoms with Crippen LogP contribution in [0.3, 0.4) is 0 Å². The van der Waals surface area contributed by atoms with Crippen LogP contribution in [0.5, 0.6) is 5.75 Å². The minimum Gasteiger partial charge on any atom is -0.490 e. The average Bonchev–Trinajstić information content (AvgIpc) is 2.98. The number of carbonyl (C=O) groups excluding carboxylic acids is 1. The first-order valence-corrected chi connectivity index (χ1v) is 9.24. The molecule has 1 aliphatic heterocycles. The van der Waals surface area contributed by atoms with Gasteiger partial charge in [-0.2, -0.15) is 9.65 Å². The van der Waals surface area contributed by atoms with Crippen LogP contribution in [-0.4, -0.2) is 27.9 Å². The summed E-state index contributed by atoms with van der Waals surface area (Å²) in [6, 6.07) is 8.55. The molecule has 0 spiro atoms. The van der Waals surface area contributed by atoms with Crippen molar-refractivity contribution >= 4 is 17.5 Å². The summed E-state index contributed by atoms with van der Waals surface area (Å²) in [5.74, 6) is 0.0241. The summed E-state index contributed by atoms with van der Waals surface area (Å²) in [7, 11) is 0. The summed E-state index contributed by atoms with van der Waals surface area (Å²) in [5, 5.41) is 9.31. The molecule has 138 valence electrons. The van der Waals surface area contributed by atoms with E-state index in [9.17, 15) is 9.18 Å². The normalized spacial score (nSPS) is 21.7. The molecule has 0 atom stereocenters. The van der Waals surface area contributed by atoms with Crippen LogP contribution in [0.1, 0.15) is 47.2 Å². The molecule has 2 aromatic rings. The fourth-order valence-electron chi connectivity index (χ4n) is 3.82. The summed E-state index contributed by atoms with van der Waals surface area (Å²) >= 11 is 6.05. The third-order valence-corrected chi connectivity index (χ3v) is 5.55. The van der Waals surface area contributed by atoms with Gasteiger partial charge in [0.15, 0.2) is 0 Å². The Morgan fingerprint density at radius 2 is 2.04 bits per heavy atom. The lowest BCUT2D eigenvalue weighted by Crippen LogP contribution is -2.40. The van der Waals surface area contributed by atoms with E-state index < -0.39 is 5.95 Å². The zero-order chi connectivity index (χ0) is 19.0. The molecule has 1 aromatic carbocycles. The number of carbonyl (C=O) groups is 1. The third-order valence-electron chi connectivity index (χ3n) is 5.24. The van der Waals surface area contributed by atoms with Crippen molar-refractivity contribution < 1.29 is 13.9 Å². The quantitative estimate of drug-likeness (QED) is 0.746. The second-order valence-corrected chi connectivity index (χ2v) is 7.31. The Morgan fingerprint density at radius 3 is 2.74 bits per heavy atom. The summed E-state index contributed by atoms with van der Waals surface area (Å²) in [6.45, 7) is 0.440. The molecule has 0 bridgehead atoms. The third kappa shape index (κ3) is 3.47. The van der Waals surface area contributed by atoms with Gasteiger partial charge < -0.3 is 9.64 Å². The van der Waals surface area contributed by atoms with E-state index >= 15 is 0 Å². The Bertz CT molecular complexity index is 935. The van der Waals surface area contributed by atoms with E-state index in [2.05, 4.69) is 4.98 Å². The van der Waals surface area contributed by atoms with Crippen LogP contribution < -0.4 is 4.74 Å². The number of amides is 1. The van der Waals surface area contributed by atoms with E-state index in [-0.39, 0.29) is 18.1 Å². The van der Waals surface area contributed by atoms with E-state index in [1.807, 2.05) is 11.0 Å². The Morgan fingerprint density at radius 1 is 1.26 bits per heavy atom. The van der Waals surface area contributed by atoms with Crippen molar-refractivity contribution in [1.29, 1.82) is 5.26 Å². The first kappa shape index (κ1) is 17.7. The molecule has 5 nitrogen and oxygen atoms in total. The fraction of sp³-hybridized carbons (Fsp3) is 0.350. The van der Waals surface area contributed by atoms with Gasteiger partial charge in [0.1, 0.15) is 11.8 Å². The second-order valence-electron chi connectivity index (χ2n) is 6.90. The predicted octanol–water partition coefficient (Wildman–Crippen LogP) is 4.09. The van der Waals surface area contributed by atoms with Gasteiger partial charge in [0, 0.05) is 24.8 Å². The number of benzene rings is 1. The molecule has 0 saturated heterocycles. The van der Waals surface area contributed by atoms with E-state index in [1.165, 1.54) is 12.3 Å². The number of ether oxygens (including phenoxy) is 1. The van der Waals surface area contributed by atoms with Crippen LogP contribution in [0.2, 0.25) is 5.02 Å². The number of hydrogen-bond acceptors (Lipinski definition) is 4. The minimum absolute atomic E-state index is 0.0458. The fourth-order valence-corrected chi connectivity index (χ4v) is 4.04. The molecule has 0 unspecified atom stereocenters. The number of pyridine rings is 1. The minimum atomic E-state index is -0.554. The maximum atomic E-state index is 13.3. The molecular weight excluding hydrogens is 369 g/mol. The van der Waals surface area contributed by atoms with Crippen molar-refractivity contribution in [3.8, 4) is 11.8 Å². The van der Waals surface area contributed by atoms with Gasteiger partial charge in [0.05, 0.1) is 22.3 Å². The number of nitriles is 1. The van der Waals surface area contributed by atoms with Gasteiger partial charge in [0.25, 0.3) is 5.91 Å². The zero-order valence-corrected chi connectivity index (χ0v) is 15.2. The highest BCUT2D eigenvalue weighted by Crippen LogP contribution is 2.33. The van der Waals surface area contributed by atoms with Crippen LogP contribution in [0.25, 0.3) is 0 Å². The molecule has 1 aromatic heterocycles. The second kappa shape index (κ2) is 7.16. The molecule has 1 aliphatic carbocycles. The first-order chi connectivity index (χ1) is 13.0. The first-order valence-electron chi connectivity index (χ1n) is 8.87. The van der Waals surface area contributed by atoms with E-state index in [0.717, 1.165) is 25.7 Å². The molecule has 2 heterocycles. The Kier molecular flexibility index (Phi) is 4.71. The van der Waals surface area contributed by atoms with Crippen molar-refractivity contribution in [3.63, 3.8) is 0 Å². The van der Waals surface area contributed by atoms with E-state index in [1.54, 1.807) is 18.2 Å². The average molecular weight is 386 g/mol. The van der Waals surface area contributed by atoms with Crippen LogP contribution in [0, 0.1) is 17.3 Å². The molecule has 7 heteroatoms. The number of aromatic nitrogens is 1. The molecule has 4 rings (SSSR count).